The van der Waals surface area contributed by atoms with E-state index in [9.17, 15) is 9.59 Å². The number of hydrogen-bond donors (Lipinski definition) is 1. The molecule has 3 aromatic carbocycles. The molecule has 0 unspecified atom stereocenters. The van der Waals surface area contributed by atoms with Gasteiger partial charge in [0.2, 0.25) is 11.8 Å². The number of nitrogens with one attached hydrogen (secondary N) is 1. The Kier molecular flexibility index (Phi) is 7.80. The maximum atomic E-state index is 14.2. The third kappa shape index (κ3) is 6.02. The van der Waals surface area contributed by atoms with E-state index in [0.29, 0.717) is 29.1 Å². The molecule has 2 amide bonds. The molecule has 1 heterocycles. The molecule has 0 fully saturated rings. The van der Waals surface area contributed by atoms with Gasteiger partial charge in [0.1, 0.15) is 23.9 Å². The summed E-state index contributed by atoms with van der Waals surface area (Å²) in [4.78, 5) is 29.7. The highest BCUT2D eigenvalue weighted by Gasteiger charge is 2.35. The second-order valence-electron chi connectivity index (χ2n) is 10.4. The SMILES string of the molecule is CCOc1ccc([C@@H](C(=O)NC(C)(C)C)N(C(=O)Cn2nnc3ccccc32)c2cc(C)ccc2C)cc1. The number of anilines is 1. The van der Waals surface area contributed by atoms with Gasteiger partial charge in [0.25, 0.3) is 0 Å². The quantitative estimate of drug-likeness (QED) is 0.353. The summed E-state index contributed by atoms with van der Waals surface area (Å²) in [5.41, 5.74) is 4.16. The first-order valence-electron chi connectivity index (χ1n) is 12.8. The van der Waals surface area contributed by atoms with Crippen molar-refractivity contribution < 1.29 is 14.3 Å². The van der Waals surface area contributed by atoms with E-state index in [0.717, 1.165) is 16.6 Å². The molecule has 0 aliphatic rings. The van der Waals surface area contributed by atoms with E-state index in [-0.39, 0.29) is 18.4 Å². The summed E-state index contributed by atoms with van der Waals surface area (Å²) in [6.45, 7) is 12.1. The lowest BCUT2D eigenvalue weighted by Crippen LogP contribution is -2.50. The smallest absolute Gasteiger partial charge is 0.249 e. The number of aromatic nitrogens is 3. The molecule has 0 bridgehead atoms. The van der Waals surface area contributed by atoms with E-state index in [1.807, 2.05) is 108 Å². The van der Waals surface area contributed by atoms with Crippen LogP contribution in [0.5, 0.6) is 5.75 Å². The van der Waals surface area contributed by atoms with Crippen molar-refractivity contribution in [2.75, 3.05) is 11.5 Å². The van der Waals surface area contributed by atoms with Gasteiger partial charge in [-0.15, -0.1) is 5.10 Å². The van der Waals surface area contributed by atoms with Gasteiger partial charge in [-0.25, -0.2) is 4.68 Å². The second kappa shape index (κ2) is 11.0. The molecule has 198 valence electrons. The third-order valence-electron chi connectivity index (χ3n) is 6.11. The first-order chi connectivity index (χ1) is 18.1. The highest BCUT2D eigenvalue weighted by molar-refractivity contribution is 6.02. The summed E-state index contributed by atoms with van der Waals surface area (Å²) < 4.78 is 7.20. The van der Waals surface area contributed by atoms with Crippen LogP contribution in [0.1, 0.15) is 50.4 Å². The number of carbonyl (C=O) groups excluding carboxylic acids is 2. The van der Waals surface area contributed by atoms with Crippen molar-refractivity contribution >= 4 is 28.5 Å². The first-order valence-corrected chi connectivity index (χ1v) is 12.8. The minimum absolute atomic E-state index is 0.0791. The fourth-order valence-electron chi connectivity index (χ4n) is 4.40. The van der Waals surface area contributed by atoms with E-state index in [1.165, 1.54) is 0 Å². The molecule has 38 heavy (non-hydrogen) atoms. The van der Waals surface area contributed by atoms with Crippen LogP contribution in [-0.4, -0.2) is 39.0 Å². The van der Waals surface area contributed by atoms with Crippen LogP contribution in [0.2, 0.25) is 0 Å². The molecule has 1 N–H and O–H groups in total. The van der Waals surface area contributed by atoms with Crippen LogP contribution >= 0.6 is 0 Å². The molecule has 0 aliphatic carbocycles. The van der Waals surface area contributed by atoms with Crippen molar-refractivity contribution in [3.63, 3.8) is 0 Å². The molecule has 1 atom stereocenters. The van der Waals surface area contributed by atoms with Gasteiger partial charge in [-0.1, -0.05) is 41.6 Å². The van der Waals surface area contributed by atoms with Crippen molar-refractivity contribution in [1.29, 1.82) is 0 Å². The monoisotopic (exact) mass is 513 g/mol. The van der Waals surface area contributed by atoms with Crippen LogP contribution in [0, 0.1) is 13.8 Å². The minimum Gasteiger partial charge on any atom is -0.494 e. The molecule has 0 spiro atoms. The zero-order valence-electron chi connectivity index (χ0n) is 22.9. The van der Waals surface area contributed by atoms with Crippen molar-refractivity contribution in [3.05, 3.63) is 83.4 Å². The molecular formula is C30H35N5O3. The highest BCUT2D eigenvalue weighted by atomic mass is 16.5. The fraction of sp³-hybridized carbons (Fsp3) is 0.333. The number of hydrogen-bond acceptors (Lipinski definition) is 5. The number of carbonyl (C=O) groups is 2. The molecule has 4 aromatic rings. The van der Waals surface area contributed by atoms with Gasteiger partial charge < -0.3 is 10.1 Å². The van der Waals surface area contributed by atoms with Gasteiger partial charge in [-0.2, -0.15) is 0 Å². The lowest BCUT2D eigenvalue weighted by atomic mass is 9.99. The highest BCUT2D eigenvalue weighted by Crippen LogP contribution is 2.33. The average Bonchev–Trinajstić information content (AvgIpc) is 3.26. The summed E-state index contributed by atoms with van der Waals surface area (Å²) in [6.07, 6.45) is 0. The van der Waals surface area contributed by atoms with Crippen LogP contribution < -0.4 is 15.0 Å². The summed E-state index contributed by atoms with van der Waals surface area (Å²) in [7, 11) is 0. The number of ether oxygens (including phenoxy) is 1. The molecule has 0 saturated carbocycles. The molecule has 8 nitrogen and oxygen atoms in total. The van der Waals surface area contributed by atoms with Gasteiger partial charge in [-0.05, 0) is 88.6 Å². The third-order valence-corrected chi connectivity index (χ3v) is 6.11. The van der Waals surface area contributed by atoms with Gasteiger partial charge in [0.15, 0.2) is 0 Å². The Morgan fingerprint density at radius 3 is 2.42 bits per heavy atom. The van der Waals surface area contributed by atoms with Crippen LogP contribution in [0.3, 0.4) is 0 Å². The number of fused-ring (bicyclic) bond motifs is 1. The lowest BCUT2D eigenvalue weighted by molar-refractivity contribution is -0.128. The number of amides is 2. The maximum absolute atomic E-state index is 14.2. The predicted octanol–water partition coefficient (Wildman–Crippen LogP) is 5.14. The predicted molar refractivity (Wildman–Crippen MR) is 149 cm³/mol. The zero-order valence-corrected chi connectivity index (χ0v) is 22.9. The van der Waals surface area contributed by atoms with Crippen molar-refractivity contribution in [3.8, 4) is 5.75 Å². The van der Waals surface area contributed by atoms with Crippen LogP contribution in [0.15, 0.2) is 66.7 Å². The largest absolute Gasteiger partial charge is 0.494 e. The van der Waals surface area contributed by atoms with Crippen molar-refractivity contribution in [2.24, 2.45) is 0 Å². The maximum Gasteiger partial charge on any atom is 0.249 e. The van der Waals surface area contributed by atoms with Crippen molar-refractivity contribution in [1.82, 2.24) is 20.3 Å². The van der Waals surface area contributed by atoms with E-state index >= 15 is 0 Å². The van der Waals surface area contributed by atoms with Crippen LogP contribution in [-0.2, 0) is 16.1 Å². The van der Waals surface area contributed by atoms with Crippen molar-refractivity contribution in [2.45, 2.75) is 59.7 Å². The Morgan fingerprint density at radius 2 is 1.74 bits per heavy atom. The number of aryl methyl sites for hydroxylation is 2. The zero-order chi connectivity index (χ0) is 27.4. The van der Waals surface area contributed by atoms with Gasteiger partial charge in [0.05, 0.1) is 12.1 Å². The normalized spacial score (nSPS) is 12.3. The Morgan fingerprint density at radius 1 is 1.03 bits per heavy atom. The minimum atomic E-state index is -0.923. The Bertz CT molecular complexity index is 1440. The number of para-hydroxylation sites is 1. The fourth-order valence-corrected chi connectivity index (χ4v) is 4.40. The Hall–Kier alpha value is -4.20. The average molecular weight is 514 g/mol. The standard InChI is InChI=1S/C30H35N5O3/c1-7-38-23-16-14-22(15-17-23)28(29(37)31-30(4,5)6)35(26-18-20(2)12-13-21(26)3)27(36)19-34-25-11-9-8-10-24(25)32-33-34/h8-18,28H,7,19H2,1-6H3,(H,31,37)/t28-/m0/s1. The van der Waals surface area contributed by atoms with E-state index < -0.39 is 11.6 Å². The van der Waals surface area contributed by atoms with Gasteiger partial charge >= 0.3 is 0 Å². The molecule has 4 rings (SSSR count). The number of rotatable bonds is 8. The number of benzene rings is 3. The molecular weight excluding hydrogens is 478 g/mol. The van der Waals surface area contributed by atoms with Gasteiger partial charge in [-0.3, -0.25) is 14.5 Å². The van der Waals surface area contributed by atoms with E-state index in [4.69, 9.17) is 4.74 Å². The second-order valence-corrected chi connectivity index (χ2v) is 10.4. The Labute approximate surface area is 223 Å². The molecule has 0 saturated heterocycles. The van der Waals surface area contributed by atoms with E-state index in [2.05, 4.69) is 15.6 Å². The van der Waals surface area contributed by atoms with Crippen LogP contribution in [0.25, 0.3) is 11.0 Å². The first kappa shape index (κ1) is 26.9. The summed E-state index contributed by atoms with van der Waals surface area (Å²) >= 11 is 0. The molecule has 0 radical (unpaired) electrons. The summed E-state index contributed by atoms with van der Waals surface area (Å²) in [5.74, 6) is 0.140. The topological polar surface area (TPSA) is 89.4 Å². The molecule has 0 aliphatic heterocycles. The van der Waals surface area contributed by atoms with E-state index in [1.54, 1.807) is 9.58 Å². The van der Waals surface area contributed by atoms with Crippen LogP contribution in [0.4, 0.5) is 5.69 Å². The van der Waals surface area contributed by atoms with Gasteiger partial charge in [0, 0.05) is 11.2 Å². The summed E-state index contributed by atoms with van der Waals surface area (Å²) in [5, 5.41) is 11.5. The Balaban J connectivity index is 1.85. The lowest BCUT2D eigenvalue weighted by Gasteiger charge is -2.35. The summed E-state index contributed by atoms with van der Waals surface area (Å²) in [6, 6.07) is 19.8. The molecule has 1 aromatic heterocycles. The number of nitrogens with zero attached hydrogens (tertiary/aromatic N) is 4. The molecule has 8 heteroatoms.